The molecule has 6 nitrogen and oxygen atoms in total. The second-order valence-corrected chi connectivity index (χ2v) is 7.34. The van der Waals surface area contributed by atoms with Crippen molar-refractivity contribution in [2.24, 2.45) is 0 Å². The predicted molar refractivity (Wildman–Crippen MR) is 118 cm³/mol. The molecule has 0 saturated heterocycles. The standard InChI is InChI=1S/C23H22ClN3O3/c1-15-2-5-20(6-3-15)26-13-16-10-18(12-19(24)11-16)17-4-7-21(27-14-17)23(30)25-9-8-22(28)29/h2-7,10-12,14,26H,8-9,13H2,1H3,(H,25,30)(H,28,29). The molecule has 30 heavy (non-hydrogen) atoms. The smallest absolute Gasteiger partial charge is 0.305 e. The van der Waals surface area contributed by atoms with Crippen LogP contribution in [0.1, 0.15) is 28.0 Å². The molecule has 0 radical (unpaired) electrons. The Morgan fingerprint density at radius 2 is 1.80 bits per heavy atom. The van der Waals surface area contributed by atoms with Crippen LogP contribution in [0.2, 0.25) is 5.02 Å². The molecule has 0 fully saturated rings. The van der Waals surface area contributed by atoms with E-state index < -0.39 is 11.9 Å². The summed E-state index contributed by atoms with van der Waals surface area (Å²) in [4.78, 5) is 26.8. The van der Waals surface area contributed by atoms with Gasteiger partial charge in [0.05, 0.1) is 6.42 Å². The Bertz CT molecular complexity index is 1030. The molecule has 154 valence electrons. The van der Waals surface area contributed by atoms with Crippen molar-refractivity contribution in [1.82, 2.24) is 10.3 Å². The lowest BCUT2D eigenvalue weighted by Crippen LogP contribution is -2.26. The van der Waals surface area contributed by atoms with Gasteiger partial charge in [0.2, 0.25) is 0 Å². The minimum atomic E-state index is -0.966. The van der Waals surface area contributed by atoms with Crippen LogP contribution >= 0.6 is 11.6 Å². The number of nitrogens with one attached hydrogen (secondary N) is 2. The fourth-order valence-corrected chi connectivity index (χ4v) is 3.12. The predicted octanol–water partition coefficient (Wildman–Crippen LogP) is 4.53. The average molecular weight is 424 g/mol. The van der Waals surface area contributed by atoms with Gasteiger partial charge in [-0.2, -0.15) is 0 Å². The van der Waals surface area contributed by atoms with E-state index in [0.29, 0.717) is 11.6 Å². The van der Waals surface area contributed by atoms with Gasteiger partial charge in [0, 0.05) is 35.6 Å². The molecule has 0 unspecified atom stereocenters. The Kier molecular flexibility index (Phi) is 7.03. The summed E-state index contributed by atoms with van der Waals surface area (Å²) in [5.41, 5.74) is 5.21. The number of amides is 1. The van der Waals surface area contributed by atoms with E-state index in [0.717, 1.165) is 22.4 Å². The number of rotatable bonds is 8. The molecule has 0 aliphatic rings. The van der Waals surface area contributed by atoms with Gasteiger partial charge < -0.3 is 15.7 Å². The van der Waals surface area contributed by atoms with E-state index in [1.165, 1.54) is 5.56 Å². The molecule has 3 aromatic rings. The van der Waals surface area contributed by atoms with Gasteiger partial charge in [0.25, 0.3) is 5.91 Å². The largest absolute Gasteiger partial charge is 0.481 e. The summed E-state index contributed by atoms with van der Waals surface area (Å²) in [5, 5.41) is 15.2. The number of hydrogen-bond acceptors (Lipinski definition) is 4. The maximum atomic E-state index is 12.0. The molecule has 0 aliphatic carbocycles. The number of benzene rings is 2. The third kappa shape index (κ3) is 6.06. The van der Waals surface area contributed by atoms with Crippen LogP contribution in [0, 0.1) is 6.92 Å². The van der Waals surface area contributed by atoms with Crippen molar-refractivity contribution in [1.29, 1.82) is 0 Å². The summed E-state index contributed by atoms with van der Waals surface area (Å²) in [7, 11) is 0. The zero-order chi connectivity index (χ0) is 21.5. The fourth-order valence-electron chi connectivity index (χ4n) is 2.87. The summed E-state index contributed by atoms with van der Waals surface area (Å²) in [5.74, 6) is -1.37. The van der Waals surface area contributed by atoms with E-state index in [1.807, 2.05) is 37.3 Å². The Hall–Kier alpha value is -3.38. The molecule has 3 rings (SSSR count). The van der Waals surface area contributed by atoms with Crippen LogP contribution in [0.15, 0.2) is 60.8 Å². The van der Waals surface area contributed by atoms with Crippen molar-refractivity contribution in [3.8, 4) is 11.1 Å². The van der Waals surface area contributed by atoms with Crippen LogP contribution < -0.4 is 10.6 Å². The van der Waals surface area contributed by atoms with Gasteiger partial charge >= 0.3 is 5.97 Å². The Morgan fingerprint density at radius 1 is 1.03 bits per heavy atom. The van der Waals surface area contributed by atoms with Crippen LogP contribution in [-0.4, -0.2) is 28.5 Å². The Morgan fingerprint density at radius 3 is 2.47 bits per heavy atom. The molecule has 3 N–H and O–H groups in total. The number of hydrogen-bond donors (Lipinski definition) is 3. The number of halogens is 1. The zero-order valence-electron chi connectivity index (χ0n) is 16.5. The second-order valence-electron chi connectivity index (χ2n) is 6.90. The van der Waals surface area contributed by atoms with Gasteiger partial charge in [0.1, 0.15) is 5.69 Å². The molecule has 2 aromatic carbocycles. The minimum Gasteiger partial charge on any atom is -0.481 e. The molecule has 0 bridgehead atoms. The first-order chi connectivity index (χ1) is 14.4. The zero-order valence-corrected chi connectivity index (χ0v) is 17.2. The number of aromatic nitrogens is 1. The molecule has 1 amide bonds. The summed E-state index contributed by atoms with van der Waals surface area (Å²) < 4.78 is 0. The van der Waals surface area contributed by atoms with Gasteiger partial charge in [-0.3, -0.25) is 14.6 Å². The summed E-state index contributed by atoms with van der Waals surface area (Å²) in [6, 6.07) is 17.4. The number of nitrogens with zero attached hydrogens (tertiary/aromatic N) is 1. The topological polar surface area (TPSA) is 91.3 Å². The van der Waals surface area contributed by atoms with Crippen molar-refractivity contribution in [3.05, 3.63) is 82.6 Å². The highest BCUT2D eigenvalue weighted by molar-refractivity contribution is 6.31. The van der Waals surface area contributed by atoms with E-state index in [1.54, 1.807) is 18.3 Å². The molecule has 7 heteroatoms. The van der Waals surface area contributed by atoms with Gasteiger partial charge in [-0.1, -0.05) is 35.4 Å². The number of carboxylic acids is 1. The van der Waals surface area contributed by atoms with Crippen LogP contribution in [0.3, 0.4) is 0 Å². The van der Waals surface area contributed by atoms with Crippen LogP contribution in [0.4, 0.5) is 5.69 Å². The van der Waals surface area contributed by atoms with Crippen molar-refractivity contribution in [2.45, 2.75) is 19.9 Å². The molecule has 0 atom stereocenters. The lowest BCUT2D eigenvalue weighted by molar-refractivity contribution is -0.136. The van der Waals surface area contributed by atoms with Crippen molar-refractivity contribution >= 4 is 29.2 Å². The van der Waals surface area contributed by atoms with E-state index >= 15 is 0 Å². The lowest BCUT2D eigenvalue weighted by Gasteiger charge is -2.10. The first-order valence-electron chi connectivity index (χ1n) is 9.47. The van der Waals surface area contributed by atoms with Gasteiger partial charge in [-0.25, -0.2) is 0 Å². The van der Waals surface area contributed by atoms with E-state index in [-0.39, 0.29) is 18.7 Å². The minimum absolute atomic E-state index is 0.0588. The summed E-state index contributed by atoms with van der Waals surface area (Å²) in [6.45, 7) is 2.73. The van der Waals surface area contributed by atoms with Gasteiger partial charge in [0.15, 0.2) is 0 Å². The first-order valence-corrected chi connectivity index (χ1v) is 9.85. The monoisotopic (exact) mass is 423 g/mol. The maximum Gasteiger partial charge on any atom is 0.305 e. The van der Waals surface area contributed by atoms with Crippen LogP contribution in [0.25, 0.3) is 11.1 Å². The van der Waals surface area contributed by atoms with E-state index in [4.69, 9.17) is 16.7 Å². The summed E-state index contributed by atoms with van der Waals surface area (Å²) >= 11 is 6.31. The second kappa shape index (κ2) is 9.89. The highest BCUT2D eigenvalue weighted by Gasteiger charge is 2.09. The number of pyridine rings is 1. The number of aliphatic carboxylic acids is 1. The number of anilines is 1. The first kappa shape index (κ1) is 21.3. The number of aryl methyl sites for hydroxylation is 1. The fraction of sp³-hybridized carbons (Fsp3) is 0.174. The number of carbonyl (C=O) groups is 2. The third-order valence-corrected chi connectivity index (χ3v) is 4.68. The Labute approximate surface area is 179 Å². The van der Waals surface area contributed by atoms with Crippen LogP contribution in [-0.2, 0) is 11.3 Å². The van der Waals surface area contributed by atoms with E-state index in [9.17, 15) is 9.59 Å². The van der Waals surface area contributed by atoms with Gasteiger partial charge in [-0.15, -0.1) is 0 Å². The Balaban J connectivity index is 1.68. The SMILES string of the molecule is Cc1ccc(NCc2cc(Cl)cc(-c3ccc(C(=O)NCCC(=O)O)nc3)c2)cc1. The van der Waals surface area contributed by atoms with Crippen molar-refractivity contribution in [3.63, 3.8) is 0 Å². The quantitative estimate of drug-likeness (QED) is 0.495. The number of carbonyl (C=O) groups excluding carboxylic acids is 1. The van der Waals surface area contributed by atoms with Crippen molar-refractivity contribution in [2.75, 3.05) is 11.9 Å². The third-order valence-electron chi connectivity index (χ3n) is 4.46. The molecule has 0 spiro atoms. The average Bonchev–Trinajstić information content (AvgIpc) is 2.73. The molecular weight excluding hydrogens is 402 g/mol. The highest BCUT2D eigenvalue weighted by Crippen LogP contribution is 2.25. The van der Waals surface area contributed by atoms with Gasteiger partial charge in [-0.05, 0) is 54.4 Å². The number of carboxylic acid groups (broad SMARTS) is 1. The molecule has 1 heterocycles. The lowest BCUT2D eigenvalue weighted by atomic mass is 10.0. The molecular formula is C23H22ClN3O3. The van der Waals surface area contributed by atoms with Crippen LogP contribution in [0.5, 0.6) is 0 Å². The maximum absolute atomic E-state index is 12.0. The molecule has 1 aromatic heterocycles. The normalized spacial score (nSPS) is 10.5. The highest BCUT2D eigenvalue weighted by atomic mass is 35.5. The molecule has 0 saturated carbocycles. The molecule has 0 aliphatic heterocycles. The van der Waals surface area contributed by atoms with E-state index in [2.05, 4.69) is 27.8 Å². The van der Waals surface area contributed by atoms with Crippen molar-refractivity contribution < 1.29 is 14.7 Å². The summed E-state index contributed by atoms with van der Waals surface area (Å²) in [6.07, 6.45) is 1.47.